The second-order valence-corrected chi connectivity index (χ2v) is 12.5. The van der Waals surface area contributed by atoms with E-state index in [4.69, 9.17) is 9.97 Å². The molecule has 2 nitrogen and oxygen atoms in total. The van der Waals surface area contributed by atoms with Gasteiger partial charge in [-0.3, -0.25) is 0 Å². The number of aromatic nitrogens is 2. The Kier molecular flexibility index (Phi) is 7.29. The maximum atomic E-state index is 5.05. The lowest BCUT2D eigenvalue weighted by Crippen LogP contribution is -2.10. The fraction of sp³-hybridized carbons (Fsp3) is 0.211. The molecular formula is C38H38N2. The van der Waals surface area contributed by atoms with Crippen molar-refractivity contribution in [3.8, 4) is 45.0 Å². The van der Waals surface area contributed by atoms with E-state index in [1.165, 1.54) is 16.7 Å². The summed E-state index contributed by atoms with van der Waals surface area (Å²) in [6, 6.07) is 36.6. The lowest BCUT2D eigenvalue weighted by molar-refractivity contribution is 0.590. The highest BCUT2D eigenvalue weighted by Gasteiger charge is 2.16. The highest BCUT2D eigenvalue weighted by molar-refractivity contribution is 5.74. The molecular weight excluding hydrogens is 484 g/mol. The van der Waals surface area contributed by atoms with Gasteiger partial charge in [-0.05, 0) is 44.7 Å². The highest BCUT2D eigenvalue weighted by atomic mass is 14.9. The second kappa shape index (κ2) is 10.7. The van der Waals surface area contributed by atoms with Crippen molar-refractivity contribution in [3.05, 3.63) is 126 Å². The van der Waals surface area contributed by atoms with Gasteiger partial charge >= 0.3 is 0 Å². The van der Waals surface area contributed by atoms with Crippen LogP contribution in [-0.2, 0) is 10.8 Å². The van der Waals surface area contributed by atoms with Gasteiger partial charge in [0.15, 0.2) is 5.82 Å². The third-order valence-electron chi connectivity index (χ3n) is 7.44. The Bertz CT molecular complexity index is 1530. The second-order valence-electron chi connectivity index (χ2n) is 12.5. The summed E-state index contributed by atoms with van der Waals surface area (Å²) in [5.41, 5.74) is 11.3. The summed E-state index contributed by atoms with van der Waals surface area (Å²) < 4.78 is 0. The standard InChI is InChI=1S/C38H38N2/c1-8-26-9-11-27(12-10-26)28-13-15-31(16-14-28)36-39-34(29-17-21-32(22-18-29)37(2,3)4)25-35(40-36)30-19-23-33(24-20-30)38(5,6)7/h8-25H,1H2,2-7H3. The topological polar surface area (TPSA) is 25.8 Å². The van der Waals surface area contributed by atoms with Gasteiger partial charge in [0, 0.05) is 16.7 Å². The Labute approximate surface area is 239 Å². The zero-order valence-electron chi connectivity index (χ0n) is 24.5. The van der Waals surface area contributed by atoms with Crippen LogP contribution in [0.3, 0.4) is 0 Å². The zero-order chi connectivity index (χ0) is 28.5. The summed E-state index contributed by atoms with van der Waals surface area (Å²) in [6.07, 6.45) is 1.86. The molecule has 0 spiro atoms. The molecule has 0 saturated heterocycles. The van der Waals surface area contributed by atoms with E-state index in [1.54, 1.807) is 0 Å². The van der Waals surface area contributed by atoms with Crippen LogP contribution in [0.5, 0.6) is 0 Å². The van der Waals surface area contributed by atoms with E-state index in [-0.39, 0.29) is 10.8 Å². The van der Waals surface area contributed by atoms with Crippen molar-refractivity contribution >= 4 is 6.08 Å². The van der Waals surface area contributed by atoms with Crippen LogP contribution in [0.2, 0.25) is 0 Å². The summed E-state index contributed by atoms with van der Waals surface area (Å²) in [5, 5.41) is 0. The zero-order valence-corrected chi connectivity index (χ0v) is 24.5. The quantitative estimate of drug-likeness (QED) is 0.229. The molecule has 0 N–H and O–H groups in total. The summed E-state index contributed by atoms with van der Waals surface area (Å²) in [6.45, 7) is 17.3. The van der Waals surface area contributed by atoms with E-state index in [9.17, 15) is 0 Å². The number of rotatable bonds is 5. The molecule has 0 aliphatic heterocycles. The SMILES string of the molecule is C=Cc1ccc(-c2ccc(-c3nc(-c4ccc(C(C)(C)C)cc4)cc(-c4ccc(C(C)(C)C)cc4)n3)cc2)cc1. The molecule has 0 atom stereocenters. The molecule has 0 aliphatic carbocycles. The first-order valence-electron chi connectivity index (χ1n) is 14.0. The molecule has 5 aromatic rings. The van der Waals surface area contributed by atoms with Gasteiger partial charge < -0.3 is 0 Å². The molecule has 0 saturated carbocycles. The van der Waals surface area contributed by atoms with Crippen molar-refractivity contribution in [2.24, 2.45) is 0 Å². The predicted octanol–water partition coefficient (Wildman–Crippen LogP) is 10.4. The van der Waals surface area contributed by atoms with Crippen molar-refractivity contribution in [2.45, 2.75) is 52.4 Å². The average Bonchev–Trinajstić information content (AvgIpc) is 2.96. The lowest BCUT2D eigenvalue weighted by atomic mass is 9.86. The maximum Gasteiger partial charge on any atom is 0.160 e. The normalized spacial score (nSPS) is 11.8. The minimum absolute atomic E-state index is 0.100. The van der Waals surface area contributed by atoms with Crippen LogP contribution in [0.4, 0.5) is 0 Å². The Morgan fingerprint density at radius 3 is 1.20 bits per heavy atom. The third kappa shape index (κ3) is 5.97. The first-order valence-corrected chi connectivity index (χ1v) is 14.0. The van der Waals surface area contributed by atoms with E-state index >= 15 is 0 Å². The molecule has 0 aliphatic rings. The van der Waals surface area contributed by atoms with Crippen molar-refractivity contribution < 1.29 is 0 Å². The third-order valence-corrected chi connectivity index (χ3v) is 7.44. The molecule has 40 heavy (non-hydrogen) atoms. The molecule has 2 heteroatoms. The Balaban J connectivity index is 1.57. The molecule has 0 unspecified atom stereocenters. The van der Waals surface area contributed by atoms with Gasteiger partial charge in [0.25, 0.3) is 0 Å². The predicted molar refractivity (Wildman–Crippen MR) is 171 cm³/mol. The summed E-state index contributed by atoms with van der Waals surface area (Å²) in [7, 11) is 0. The van der Waals surface area contributed by atoms with E-state index in [1.807, 2.05) is 6.08 Å². The van der Waals surface area contributed by atoms with Crippen LogP contribution in [0.25, 0.3) is 51.1 Å². The minimum Gasteiger partial charge on any atom is -0.228 e. The van der Waals surface area contributed by atoms with Crippen LogP contribution in [0, 0.1) is 0 Å². The summed E-state index contributed by atoms with van der Waals surface area (Å²) in [5.74, 6) is 0.723. The molecule has 200 valence electrons. The van der Waals surface area contributed by atoms with Gasteiger partial charge in [0.1, 0.15) is 0 Å². The fourth-order valence-corrected chi connectivity index (χ4v) is 4.78. The fourth-order valence-electron chi connectivity index (χ4n) is 4.78. The van der Waals surface area contributed by atoms with Crippen LogP contribution in [-0.4, -0.2) is 9.97 Å². The molecule has 1 aromatic heterocycles. The molecule has 4 aromatic carbocycles. The highest BCUT2D eigenvalue weighted by Crippen LogP contribution is 2.32. The smallest absolute Gasteiger partial charge is 0.160 e. The van der Waals surface area contributed by atoms with E-state index in [0.29, 0.717) is 0 Å². The molecule has 0 fully saturated rings. The average molecular weight is 523 g/mol. The largest absolute Gasteiger partial charge is 0.228 e. The minimum atomic E-state index is 0.100. The number of benzene rings is 4. The van der Waals surface area contributed by atoms with E-state index < -0.39 is 0 Å². The first kappa shape index (κ1) is 27.3. The molecule has 1 heterocycles. The first-order chi connectivity index (χ1) is 19.0. The van der Waals surface area contributed by atoms with Gasteiger partial charge in [-0.15, -0.1) is 0 Å². The summed E-state index contributed by atoms with van der Waals surface area (Å²) in [4.78, 5) is 10.1. The van der Waals surface area contributed by atoms with Crippen molar-refractivity contribution in [1.29, 1.82) is 0 Å². The van der Waals surface area contributed by atoms with Gasteiger partial charge in [0.05, 0.1) is 11.4 Å². The Morgan fingerprint density at radius 2 is 0.825 bits per heavy atom. The molecule has 0 bridgehead atoms. The number of nitrogens with zero attached hydrogens (tertiary/aromatic N) is 2. The van der Waals surface area contributed by atoms with Crippen LogP contribution in [0.15, 0.2) is 110 Å². The Hall–Kier alpha value is -4.30. The van der Waals surface area contributed by atoms with Crippen molar-refractivity contribution in [1.82, 2.24) is 9.97 Å². The van der Waals surface area contributed by atoms with Gasteiger partial charge in [-0.25, -0.2) is 9.97 Å². The van der Waals surface area contributed by atoms with Crippen LogP contribution < -0.4 is 0 Å². The van der Waals surface area contributed by atoms with E-state index in [0.717, 1.165) is 45.0 Å². The van der Waals surface area contributed by atoms with Gasteiger partial charge in [-0.1, -0.05) is 151 Å². The van der Waals surface area contributed by atoms with Gasteiger partial charge in [-0.2, -0.15) is 0 Å². The number of hydrogen-bond acceptors (Lipinski definition) is 2. The maximum absolute atomic E-state index is 5.05. The van der Waals surface area contributed by atoms with Crippen LogP contribution >= 0.6 is 0 Å². The van der Waals surface area contributed by atoms with Crippen molar-refractivity contribution in [2.75, 3.05) is 0 Å². The number of hydrogen-bond donors (Lipinski definition) is 0. The Morgan fingerprint density at radius 1 is 0.475 bits per heavy atom. The van der Waals surface area contributed by atoms with E-state index in [2.05, 4.69) is 151 Å². The molecule has 0 radical (unpaired) electrons. The van der Waals surface area contributed by atoms with Gasteiger partial charge in [0.2, 0.25) is 0 Å². The lowest BCUT2D eigenvalue weighted by Gasteiger charge is -2.19. The van der Waals surface area contributed by atoms with Crippen LogP contribution in [0.1, 0.15) is 58.2 Å². The monoisotopic (exact) mass is 522 g/mol. The van der Waals surface area contributed by atoms with Crippen molar-refractivity contribution in [3.63, 3.8) is 0 Å². The summed E-state index contributed by atoms with van der Waals surface area (Å²) >= 11 is 0. The molecule has 5 rings (SSSR count). The molecule has 0 amide bonds.